The lowest BCUT2D eigenvalue weighted by molar-refractivity contribution is -0.161. The quantitative estimate of drug-likeness (QED) is 0.603. The lowest BCUT2D eigenvalue weighted by Gasteiger charge is -2.40. The number of aromatic nitrogens is 1. The molecule has 0 saturated carbocycles. The number of rotatable bonds is 6. The van der Waals surface area contributed by atoms with E-state index in [0.717, 1.165) is 0 Å². The van der Waals surface area contributed by atoms with Gasteiger partial charge in [0, 0.05) is 18.2 Å². The van der Waals surface area contributed by atoms with Crippen molar-refractivity contribution in [3.63, 3.8) is 0 Å². The second-order valence-electron chi connectivity index (χ2n) is 5.76. The van der Waals surface area contributed by atoms with Crippen molar-refractivity contribution < 1.29 is 14.3 Å². The molecule has 0 bridgehead atoms. The highest BCUT2D eigenvalue weighted by Crippen LogP contribution is 2.32. The third-order valence-corrected chi connectivity index (χ3v) is 3.34. The Labute approximate surface area is 125 Å². The molecule has 1 aromatic rings. The van der Waals surface area contributed by atoms with Crippen molar-refractivity contribution in [1.82, 2.24) is 10.3 Å². The third kappa shape index (κ3) is 3.58. The van der Waals surface area contributed by atoms with Gasteiger partial charge < -0.3 is 10.5 Å². The molecular formula is C15H23N3O3. The second-order valence-corrected chi connectivity index (χ2v) is 5.76. The first-order valence-electron chi connectivity index (χ1n) is 6.87. The number of nitrogens with two attached hydrogens (primary N) is 1. The Bertz CT molecular complexity index is 497. The molecule has 0 radical (unpaired) electrons. The van der Waals surface area contributed by atoms with Gasteiger partial charge in [-0.2, -0.15) is 0 Å². The number of nitrogens with zero attached hydrogens (tertiary/aromatic N) is 1. The number of nitrogens with one attached hydrogen (secondary N) is 1. The smallest absolute Gasteiger partial charge is 0.336 e. The highest BCUT2D eigenvalue weighted by molar-refractivity contribution is 6.07. The molecule has 0 fully saturated rings. The fraction of sp³-hybridized carbons (Fsp3) is 0.533. The molecule has 0 aliphatic heterocycles. The van der Waals surface area contributed by atoms with Gasteiger partial charge in [-0.15, -0.1) is 0 Å². The molecule has 1 amide bonds. The summed E-state index contributed by atoms with van der Waals surface area (Å²) in [5, 5.41) is 2.96. The first-order valence-corrected chi connectivity index (χ1v) is 6.87. The largest absolute Gasteiger partial charge is 0.464 e. The van der Waals surface area contributed by atoms with Crippen molar-refractivity contribution in [2.24, 2.45) is 11.1 Å². The summed E-state index contributed by atoms with van der Waals surface area (Å²) in [6.07, 6.45) is 1.64. The Balaban J connectivity index is 3.11. The Morgan fingerprint density at radius 1 is 1.33 bits per heavy atom. The standard InChI is InChI=1S/C15H23N3O3/c1-5-21-13(20)15(12(16)19,14(2,3)4)18-10-11-8-6-7-9-17-11/h6-9,18H,5,10H2,1-4H3,(H2,16,19). The lowest BCUT2D eigenvalue weighted by Crippen LogP contribution is -2.68. The molecule has 1 heterocycles. The van der Waals surface area contributed by atoms with Gasteiger partial charge in [0.05, 0.1) is 12.3 Å². The van der Waals surface area contributed by atoms with Gasteiger partial charge in [-0.3, -0.25) is 15.1 Å². The molecule has 1 aromatic heterocycles. The zero-order chi connectivity index (χ0) is 16.1. The number of esters is 1. The van der Waals surface area contributed by atoms with Crippen LogP contribution in [0.25, 0.3) is 0 Å². The summed E-state index contributed by atoms with van der Waals surface area (Å²) in [5.74, 6) is -1.43. The van der Waals surface area contributed by atoms with Crippen LogP contribution in [-0.2, 0) is 20.9 Å². The van der Waals surface area contributed by atoms with Gasteiger partial charge in [-0.1, -0.05) is 26.8 Å². The summed E-state index contributed by atoms with van der Waals surface area (Å²) >= 11 is 0. The summed E-state index contributed by atoms with van der Waals surface area (Å²) in [5.41, 5.74) is 3.88. The number of amides is 1. The maximum Gasteiger partial charge on any atom is 0.336 e. The summed E-state index contributed by atoms with van der Waals surface area (Å²) < 4.78 is 5.06. The molecule has 0 spiro atoms. The molecule has 0 aromatic carbocycles. The summed E-state index contributed by atoms with van der Waals surface area (Å²) in [7, 11) is 0. The fourth-order valence-corrected chi connectivity index (χ4v) is 2.17. The van der Waals surface area contributed by atoms with E-state index in [1.54, 1.807) is 46.0 Å². The minimum Gasteiger partial charge on any atom is -0.464 e. The normalized spacial score (nSPS) is 14.3. The van der Waals surface area contributed by atoms with E-state index in [1.165, 1.54) is 0 Å². The van der Waals surface area contributed by atoms with E-state index >= 15 is 0 Å². The molecule has 21 heavy (non-hydrogen) atoms. The molecule has 0 aliphatic rings. The molecule has 0 saturated heterocycles. The molecule has 116 valence electrons. The number of carbonyl (C=O) groups excluding carboxylic acids is 2. The Hall–Kier alpha value is -1.95. The second kappa shape index (κ2) is 6.67. The van der Waals surface area contributed by atoms with E-state index in [9.17, 15) is 9.59 Å². The van der Waals surface area contributed by atoms with Crippen LogP contribution in [0.2, 0.25) is 0 Å². The third-order valence-electron chi connectivity index (χ3n) is 3.34. The number of hydrogen-bond acceptors (Lipinski definition) is 5. The molecule has 1 rings (SSSR count). The van der Waals surface area contributed by atoms with Crippen molar-refractivity contribution in [2.75, 3.05) is 6.61 Å². The van der Waals surface area contributed by atoms with Crippen LogP contribution in [0.3, 0.4) is 0 Å². The lowest BCUT2D eigenvalue weighted by atomic mass is 9.72. The molecule has 1 atom stereocenters. The molecule has 1 unspecified atom stereocenters. The average molecular weight is 293 g/mol. The SMILES string of the molecule is CCOC(=O)C(NCc1ccccn1)(C(N)=O)C(C)(C)C. The number of primary amides is 1. The van der Waals surface area contributed by atoms with E-state index in [4.69, 9.17) is 10.5 Å². The minimum atomic E-state index is -1.61. The van der Waals surface area contributed by atoms with Crippen molar-refractivity contribution >= 4 is 11.9 Å². The van der Waals surface area contributed by atoms with Gasteiger partial charge in [0.2, 0.25) is 11.4 Å². The van der Waals surface area contributed by atoms with Crippen LogP contribution in [0.4, 0.5) is 0 Å². The van der Waals surface area contributed by atoms with E-state index in [1.807, 2.05) is 6.07 Å². The zero-order valence-corrected chi connectivity index (χ0v) is 13.0. The first kappa shape index (κ1) is 17.1. The van der Waals surface area contributed by atoms with Gasteiger partial charge >= 0.3 is 5.97 Å². The van der Waals surface area contributed by atoms with Gasteiger partial charge in [0.25, 0.3) is 0 Å². The Morgan fingerprint density at radius 3 is 2.43 bits per heavy atom. The first-order chi connectivity index (χ1) is 9.75. The van der Waals surface area contributed by atoms with E-state index in [0.29, 0.717) is 5.69 Å². The van der Waals surface area contributed by atoms with Crippen molar-refractivity contribution in [3.05, 3.63) is 30.1 Å². The number of carbonyl (C=O) groups is 2. The van der Waals surface area contributed by atoms with Crippen LogP contribution >= 0.6 is 0 Å². The maximum absolute atomic E-state index is 12.4. The van der Waals surface area contributed by atoms with Gasteiger partial charge in [-0.25, -0.2) is 4.79 Å². The highest BCUT2D eigenvalue weighted by Gasteiger charge is 2.54. The van der Waals surface area contributed by atoms with Crippen LogP contribution in [0.1, 0.15) is 33.4 Å². The summed E-state index contributed by atoms with van der Waals surface area (Å²) in [6, 6.07) is 5.42. The predicted octanol–water partition coefficient (Wildman–Crippen LogP) is 1.00. The fourth-order valence-electron chi connectivity index (χ4n) is 2.17. The number of ether oxygens (including phenoxy) is 1. The summed E-state index contributed by atoms with van der Waals surface area (Å²) in [6.45, 7) is 7.39. The van der Waals surface area contributed by atoms with Crippen LogP contribution < -0.4 is 11.1 Å². The van der Waals surface area contributed by atoms with Gasteiger partial charge in [0.15, 0.2) is 0 Å². The zero-order valence-electron chi connectivity index (χ0n) is 13.0. The van der Waals surface area contributed by atoms with E-state index in [-0.39, 0.29) is 13.2 Å². The van der Waals surface area contributed by atoms with Crippen molar-refractivity contribution in [2.45, 2.75) is 39.8 Å². The molecule has 6 heteroatoms. The van der Waals surface area contributed by atoms with Crippen LogP contribution in [0.15, 0.2) is 24.4 Å². The van der Waals surface area contributed by atoms with Crippen molar-refractivity contribution in [1.29, 1.82) is 0 Å². The Kier molecular flexibility index (Phi) is 5.43. The predicted molar refractivity (Wildman–Crippen MR) is 79.1 cm³/mol. The van der Waals surface area contributed by atoms with E-state index < -0.39 is 22.8 Å². The minimum absolute atomic E-state index is 0.176. The number of hydrogen-bond donors (Lipinski definition) is 2. The van der Waals surface area contributed by atoms with Crippen LogP contribution in [0, 0.1) is 5.41 Å². The molecular weight excluding hydrogens is 270 g/mol. The highest BCUT2D eigenvalue weighted by atomic mass is 16.5. The van der Waals surface area contributed by atoms with E-state index in [2.05, 4.69) is 10.3 Å². The topological polar surface area (TPSA) is 94.3 Å². The summed E-state index contributed by atoms with van der Waals surface area (Å²) in [4.78, 5) is 28.6. The average Bonchev–Trinajstić information content (AvgIpc) is 2.39. The monoisotopic (exact) mass is 293 g/mol. The molecule has 3 N–H and O–H groups in total. The Morgan fingerprint density at radius 2 is 2.00 bits per heavy atom. The van der Waals surface area contributed by atoms with Gasteiger partial charge in [-0.05, 0) is 19.1 Å². The van der Waals surface area contributed by atoms with Crippen LogP contribution in [0.5, 0.6) is 0 Å². The van der Waals surface area contributed by atoms with Crippen molar-refractivity contribution in [3.8, 4) is 0 Å². The number of pyridine rings is 1. The van der Waals surface area contributed by atoms with Crippen LogP contribution in [-0.4, -0.2) is 29.0 Å². The maximum atomic E-state index is 12.4. The van der Waals surface area contributed by atoms with Gasteiger partial charge in [0.1, 0.15) is 0 Å². The molecule has 0 aliphatic carbocycles. The molecule has 6 nitrogen and oxygen atoms in total.